The van der Waals surface area contributed by atoms with Gasteiger partial charge in [0.25, 0.3) is 0 Å². The Kier molecular flexibility index (Phi) is 3.21. The van der Waals surface area contributed by atoms with Crippen molar-refractivity contribution in [3.8, 4) is 0 Å². The van der Waals surface area contributed by atoms with Gasteiger partial charge in [-0.05, 0) is 37.5 Å². The number of rotatable bonds is 2. The number of fused-ring (bicyclic) bond motifs is 3. The molecule has 3 aromatic heterocycles. The summed E-state index contributed by atoms with van der Waals surface area (Å²) in [6.45, 7) is 0.581. The molecule has 1 aliphatic rings. The number of hydrogen-bond acceptors (Lipinski definition) is 3. The third-order valence-corrected chi connectivity index (χ3v) is 4.73. The quantitative estimate of drug-likeness (QED) is 0.726. The number of nitrogens with zero attached hydrogens (tertiary/aromatic N) is 4. The fourth-order valence-electron chi connectivity index (χ4n) is 3.53. The molecule has 0 aliphatic carbocycles. The molecule has 0 unspecified atom stereocenters. The van der Waals surface area contributed by atoms with Crippen LogP contribution in [0.4, 0.5) is 10.2 Å². The van der Waals surface area contributed by atoms with Gasteiger partial charge in [-0.25, -0.2) is 9.37 Å². The Morgan fingerprint density at radius 3 is 3.00 bits per heavy atom. The average molecular weight is 298 g/mol. The van der Waals surface area contributed by atoms with E-state index in [1.165, 1.54) is 0 Å². The van der Waals surface area contributed by atoms with Crippen LogP contribution < -0.4 is 4.90 Å². The van der Waals surface area contributed by atoms with Crippen molar-refractivity contribution in [1.29, 1.82) is 0 Å². The summed E-state index contributed by atoms with van der Waals surface area (Å²) in [7, 11) is 2.02. The van der Waals surface area contributed by atoms with Crippen molar-refractivity contribution in [2.45, 2.75) is 25.3 Å². The van der Waals surface area contributed by atoms with Gasteiger partial charge in [-0.3, -0.25) is 4.98 Å². The lowest BCUT2D eigenvalue weighted by molar-refractivity contribution is 0.357. The molecule has 4 rings (SSSR count). The van der Waals surface area contributed by atoms with E-state index in [1.54, 1.807) is 6.20 Å². The predicted octanol–water partition coefficient (Wildman–Crippen LogP) is 3.45. The van der Waals surface area contributed by atoms with Crippen molar-refractivity contribution in [2.24, 2.45) is 7.05 Å². The molecular formula is C17H19FN4. The highest BCUT2D eigenvalue weighted by atomic mass is 19.1. The summed E-state index contributed by atoms with van der Waals surface area (Å²) in [5.74, 6) is 0.883. The summed E-state index contributed by atoms with van der Waals surface area (Å²) in [6.07, 6.45) is 6.80. The lowest BCUT2D eigenvalue weighted by Gasteiger charge is -2.35. The van der Waals surface area contributed by atoms with Gasteiger partial charge in [-0.1, -0.05) is 0 Å². The summed E-state index contributed by atoms with van der Waals surface area (Å²) in [6, 6.07) is 6.08. The summed E-state index contributed by atoms with van der Waals surface area (Å²) >= 11 is 0. The molecule has 1 saturated heterocycles. The smallest absolute Gasteiger partial charge is 0.143 e. The Bertz CT molecular complexity index is 826. The molecule has 0 bridgehead atoms. The van der Waals surface area contributed by atoms with Crippen LogP contribution in [0.15, 0.2) is 30.6 Å². The zero-order valence-corrected chi connectivity index (χ0v) is 12.7. The Morgan fingerprint density at radius 2 is 2.14 bits per heavy atom. The number of piperidine rings is 1. The van der Waals surface area contributed by atoms with E-state index in [-0.39, 0.29) is 12.7 Å². The van der Waals surface area contributed by atoms with Crippen molar-refractivity contribution in [3.63, 3.8) is 0 Å². The van der Waals surface area contributed by atoms with E-state index in [9.17, 15) is 4.39 Å². The van der Waals surface area contributed by atoms with E-state index in [0.717, 1.165) is 53.6 Å². The van der Waals surface area contributed by atoms with Gasteiger partial charge in [0, 0.05) is 36.8 Å². The van der Waals surface area contributed by atoms with Crippen LogP contribution in [-0.4, -0.2) is 33.8 Å². The average Bonchev–Trinajstić information content (AvgIpc) is 2.88. The number of halogens is 1. The molecule has 4 nitrogen and oxygen atoms in total. The summed E-state index contributed by atoms with van der Waals surface area (Å²) in [5, 5.41) is 2.21. The van der Waals surface area contributed by atoms with Crippen LogP contribution in [0.3, 0.4) is 0 Å². The second-order valence-corrected chi connectivity index (χ2v) is 5.99. The Morgan fingerprint density at radius 1 is 1.23 bits per heavy atom. The minimum Gasteiger partial charge on any atom is -0.351 e. The van der Waals surface area contributed by atoms with Crippen molar-refractivity contribution in [2.75, 3.05) is 18.1 Å². The van der Waals surface area contributed by atoms with Gasteiger partial charge >= 0.3 is 0 Å². The maximum Gasteiger partial charge on any atom is 0.143 e. The molecule has 0 amide bonds. The second kappa shape index (κ2) is 5.23. The van der Waals surface area contributed by atoms with E-state index in [4.69, 9.17) is 4.98 Å². The van der Waals surface area contributed by atoms with Gasteiger partial charge in [0.05, 0.1) is 11.6 Å². The number of aryl methyl sites for hydroxylation is 1. The number of alkyl halides is 1. The van der Waals surface area contributed by atoms with E-state index >= 15 is 0 Å². The van der Waals surface area contributed by atoms with Crippen LogP contribution in [0.2, 0.25) is 0 Å². The molecule has 0 radical (unpaired) electrons. The first-order chi connectivity index (χ1) is 10.8. The maximum atomic E-state index is 13.3. The molecule has 0 N–H and O–H groups in total. The van der Waals surface area contributed by atoms with Gasteiger partial charge in [-0.15, -0.1) is 0 Å². The van der Waals surface area contributed by atoms with E-state index in [1.807, 2.05) is 25.4 Å². The fraction of sp³-hybridized carbons (Fsp3) is 0.412. The van der Waals surface area contributed by atoms with Crippen molar-refractivity contribution < 1.29 is 4.39 Å². The molecule has 3 aromatic rings. The third kappa shape index (κ3) is 1.95. The van der Waals surface area contributed by atoms with Gasteiger partial charge < -0.3 is 9.47 Å². The van der Waals surface area contributed by atoms with E-state index in [2.05, 4.69) is 20.5 Å². The number of hydrogen-bond donors (Lipinski definition) is 0. The molecule has 0 aromatic carbocycles. The van der Waals surface area contributed by atoms with Crippen molar-refractivity contribution in [3.05, 3.63) is 30.6 Å². The summed E-state index contributed by atoms with van der Waals surface area (Å²) in [4.78, 5) is 11.2. The number of aromatic nitrogens is 3. The SMILES string of the molecule is Cn1c2ccncc2c2ccc(N3CCCC[C@H]3CF)nc21. The van der Waals surface area contributed by atoms with Gasteiger partial charge in [0.1, 0.15) is 18.1 Å². The molecule has 5 heteroatoms. The molecule has 1 aliphatic heterocycles. The van der Waals surface area contributed by atoms with Crippen LogP contribution in [0.5, 0.6) is 0 Å². The fourth-order valence-corrected chi connectivity index (χ4v) is 3.53. The van der Waals surface area contributed by atoms with Gasteiger partial charge in [0.2, 0.25) is 0 Å². The molecule has 0 spiro atoms. The molecule has 1 fully saturated rings. The Hall–Kier alpha value is -2.17. The molecule has 22 heavy (non-hydrogen) atoms. The summed E-state index contributed by atoms with van der Waals surface area (Å²) < 4.78 is 15.4. The molecule has 114 valence electrons. The lowest BCUT2D eigenvalue weighted by Crippen LogP contribution is -2.41. The zero-order valence-electron chi connectivity index (χ0n) is 12.7. The van der Waals surface area contributed by atoms with Crippen LogP contribution >= 0.6 is 0 Å². The topological polar surface area (TPSA) is 34.0 Å². The van der Waals surface area contributed by atoms with Crippen LogP contribution in [0.1, 0.15) is 19.3 Å². The normalized spacial score (nSPS) is 19.2. The number of pyridine rings is 2. The number of anilines is 1. The Labute approximate surface area is 128 Å². The predicted molar refractivity (Wildman–Crippen MR) is 87.0 cm³/mol. The van der Waals surface area contributed by atoms with E-state index in [0.29, 0.717) is 0 Å². The van der Waals surface area contributed by atoms with E-state index < -0.39 is 0 Å². The molecule has 0 saturated carbocycles. The molecular weight excluding hydrogens is 279 g/mol. The van der Waals surface area contributed by atoms with Gasteiger partial charge in [-0.2, -0.15) is 0 Å². The first-order valence-corrected chi connectivity index (χ1v) is 7.81. The van der Waals surface area contributed by atoms with Crippen molar-refractivity contribution in [1.82, 2.24) is 14.5 Å². The third-order valence-electron chi connectivity index (χ3n) is 4.73. The largest absolute Gasteiger partial charge is 0.351 e. The molecule has 4 heterocycles. The summed E-state index contributed by atoms with van der Waals surface area (Å²) in [5.41, 5.74) is 2.05. The van der Waals surface area contributed by atoms with Crippen LogP contribution in [0, 0.1) is 0 Å². The highest BCUT2D eigenvalue weighted by molar-refractivity contribution is 6.06. The standard InChI is InChI=1S/C17H19FN4/c1-21-15-7-8-19-11-14(15)13-5-6-16(20-17(13)21)22-9-3-2-4-12(22)10-18/h5-8,11-12H,2-4,9-10H2,1H3/t12-/m0/s1. The van der Waals surface area contributed by atoms with Crippen molar-refractivity contribution >= 4 is 27.8 Å². The minimum atomic E-state index is -0.307. The van der Waals surface area contributed by atoms with Crippen LogP contribution in [-0.2, 0) is 7.05 Å². The molecule has 1 atom stereocenters. The van der Waals surface area contributed by atoms with Crippen LogP contribution in [0.25, 0.3) is 21.9 Å². The lowest BCUT2D eigenvalue weighted by atomic mass is 10.0. The zero-order chi connectivity index (χ0) is 15.1. The Balaban J connectivity index is 1.86. The highest BCUT2D eigenvalue weighted by Crippen LogP contribution is 2.30. The second-order valence-electron chi connectivity index (χ2n) is 5.99. The minimum absolute atomic E-state index is 0.0324. The van der Waals surface area contributed by atoms with Gasteiger partial charge in [0.15, 0.2) is 0 Å². The maximum absolute atomic E-state index is 13.3. The first kappa shape index (κ1) is 13.5. The monoisotopic (exact) mass is 298 g/mol. The highest BCUT2D eigenvalue weighted by Gasteiger charge is 2.24. The first-order valence-electron chi connectivity index (χ1n) is 7.81.